The number of hydrogen-bond acceptors (Lipinski definition) is 4. The van der Waals surface area contributed by atoms with E-state index in [0.29, 0.717) is 23.6 Å². The maximum absolute atomic E-state index is 12.3. The van der Waals surface area contributed by atoms with Crippen molar-refractivity contribution in [1.29, 1.82) is 0 Å². The Labute approximate surface area is 152 Å². The minimum Gasteiger partial charge on any atom is -0.351 e. The lowest BCUT2D eigenvalue weighted by Crippen LogP contribution is -2.50. The molecule has 0 spiro atoms. The van der Waals surface area contributed by atoms with Gasteiger partial charge in [-0.15, -0.1) is 12.4 Å². The molecule has 0 fully saturated rings. The van der Waals surface area contributed by atoms with Crippen LogP contribution in [0, 0.1) is 0 Å². The van der Waals surface area contributed by atoms with E-state index in [1.165, 1.54) is 0 Å². The molecule has 0 saturated carbocycles. The van der Waals surface area contributed by atoms with Crippen LogP contribution in [0.15, 0.2) is 24.3 Å². The second-order valence-electron chi connectivity index (χ2n) is 4.93. The highest BCUT2D eigenvalue weighted by atomic mass is 35.5. The first-order chi connectivity index (χ1) is 10.5. The molecule has 8 heteroatoms. The van der Waals surface area contributed by atoms with Gasteiger partial charge in [-0.3, -0.25) is 9.59 Å². The predicted octanol–water partition coefficient (Wildman–Crippen LogP) is 2.08. The van der Waals surface area contributed by atoms with Crippen LogP contribution in [0.4, 0.5) is 0 Å². The van der Waals surface area contributed by atoms with Crippen molar-refractivity contribution in [3.05, 3.63) is 34.9 Å². The number of rotatable bonds is 8. The molecule has 130 valence electrons. The molecular formula is C15H23Cl2N3O2S. The Morgan fingerprint density at radius 3 is 2.52 bits per heavy atom. The number of nitrogens with two attached hydrogens (primary N) is 1. The lowest BCUT2D eigenvalue weighted by Gasteiger charge is -2.20. The van der Waals surface area contributed by atoms with Crippen LogP contribution in [0.3, 0.4) is 0 Å². The van der Waals surface area contributed by atoms with E-state index in [9.17, 15) is 9.59 Å². The number of amides is 2. The van der Waals surface area contributed by atoms with Crippen LogP contribution in [-0.4, -0.2) is 42.5 Å². The molecule has 0 saturated heterocycles. The molecule has 1 aromatic rings. The second kappa shape index (κ2) is 11.6. The fourth-order valence-corrected chi connectivity index (χ4v) is 2.48. The summed E-state index contributed by atoms with van der Waals surface area (Å²) in [6.07, 6.45) is 2.49. The summed E-state index contributed by atoms with van der Waals surface area (Å²) in [5, 5.41) is 5.90. The van der Waals surface area contributed by atoms with Crippen molar-refractivity contribution in [3.63, 3.8) is 0 Å². The summed E-state index contributed by atoms with van der Waals surface area (Å²) in [6.45, 7) is 2.17. The monoisotopic (exact) mass is 379 g/mol. The summed E-state index contributed by atoms with van der Waals surface area (Å²) in [6, 6.07) is 6.01. The average molecular weight is 380 g/mol. The van der Waals surface area contributed by atoms with Crippen molar-refractivity contribution < 1.29 is 9.59 Å². The first kappa shape index (κ1) is 22.1. The maximum atomic E-state index is 12.3. The summed E-state index contributed by atoms with van der Waals surface area (Å²) in [5.74, 6) is 0.178. The number of hydrogen-bond donors (Lipinski definition) is 3. The molecule has 1 rings (SSSR count). The first-order valence-electron chi connectivity index (χ1n) is 7.04. The summed E-state index contributed by atoms with van der Waals surface area (Å²) < 4.78 is 0. The van der Waals surface area contributed by atoms with Crippen molar-refractivity contribution in [2.45, 2.75) is 25.4 Å². The van der Waals surface area contributed by atoms with Gasteiger partial charge in [0.05, 0.1) is 10.6 Å². The molecule has 4 N–H and O–H groups in total. The lowest BCUT2D eigenvalue weighted by atomic mass is 10.1. The topological polar surface area (TPSA) is 84.2 Å². The smallest absolute Gasteiger partial charge is 0.253 e. The molecule has 0 aliphatic carbocycles. The molecule has 0 bridgehead atoms. The van der Waals surface area contributed by atoms with E-state index in [2.05, 4.69) is 10.6 Å². The van der Waals surface area contributed by atoms with Crippen molar-refractivity contribution in [2.24, 2.45) is 5.73 Å². The third-order valence-corrected chi connectivity index (χ3v) is 4.07. The molecule has 0 heterocycles. The van der Waals surface area contributed by atoms with E-state index in [0.717, 1.165) is 5.75 Å². The summed E-state index contributed by atoms with van der Waals surface area (Å²) in [5.41, 5.74) is 5.87. The van der Waals surface area contributed by atoms with Crippen LogP contribution in [-0.2, 0) is 4.79 Å². The van der Waals surface area contributed by atoms with Crippen molar-refractivity contribution >= 4 is 47.6 Å². The third-order valence-electron chi connectivity index (χ3n) is 3.09. The van der Waals surface area contributed by atoms with Gasteiger partial charge < -0.3 is 16.4 Å². The maximum Gasteiger partial charge on any atom is 0.253 e. The number of benzene rings is 1. The molecule has 23 heavy (non-hydrogen) atoms. The average Bonchev–Trinajstić information content (AvgIpc) is 2.51. The highest BCUT2D eigenvalue weighted by Gasteiger charge is 2.22. The van der Waals surface area contributed by atoms with Crippen molar-refractivity contribution in [2.75, 3.05) is 18.6 Å². The molecule has 0 radical (unpaired) electrons. The molecule has 0 aromatic heterocycles. The first-order valence-corrected chi connectivity index (χ1v) is 8.81. The number of carbonyl (C=O) groups is 2. The van der Waals surface area contributed by atoms with E-state index >= 15 is 0 Å². The fraction of sp³-hybridized carbons (Fsp3) is 0.467. The molecule has 0 aliphatic rings. The van der Waals surface area contributed by atoms with Crippen LogP contribution >= 0.6 is 35.8 Å². The van der Waals surface area contributed by atoms with Gasteiger partial charge in [-0.1, -0.05) is 23.7 Å². The number of halogens is 2. The molecule has 1 unspecified atom stereocenters. The van der Waals surface area contributed by atoms with Crippen molar-refractivity contribution in [3.8, 4) is 0 Å². The zero-order valence-corrected chi connectivity index (χ0v) is 15.6. The quantitative estimate of drug-likeness (QED) is 0.645. The lowest BCUT2D eigenvalue weighted by molar-refractivity contribution is -0.123. The van der Waals surface area contributed by atoms with Gasteiger partial charge in [0.25, 0.3) is 5.91 Å². The van der Waals surface area contributed by atoms with Crippen LogP contribution in [0.2, 0.25) is 5.02 Å². The highest BCUT2D eigenvalue weighted by molar-refractivity contribution is 7.98. The van der Waals surface area contributed by atoms with Gasteiger partial charge in [-0.25, -0.2) is 0 Å². The van der Waals surface area contributed by atoms with Gasteiger partial charge in [0.1, 0.15) is 6.04 Å². The number of nitrogens with one attached hydrogen (secondary N) is 2. The van der Waals surface area contributed by atoms with Gasteiger partial charge in [0.2, 0.25) is 5.91 Å². The Morgan fingerprint density at radius 2 is 1.96 bits per heavy atom. The second-order valence-corrected chi connectivity index (χ2v) is 6.33. The molecular weight excluding hydrogens is 357 g/mol. The predicted molar refractivity (Wildman–Crippen MR) is 99.6 cm³/mol. The largest absolute Gasteiger partial charge is 0.351 e. The zero-order valence-electron chi connectivity index (χ0n) is 13.2. The Bertz CT molecular complexity index is 517. The standard InChI is InChI=1S/C15H22ClN3O2S.ClH/c1-10(9-17)18-15(21)13(7-8-22-2)19-14(20)11-5-3-4-6-12(11)16;/h3-6,10,13H,7-9,17H2,1-2H3,(H,18,21)(H,19,20);1H/t10-,13?;/m0./s1. The minimum atomic E-state index is -0.606. The SMILES string of the molecule is CSCCC(NC(=O)c1ccccc1Cl)C(=O)N[C@@H](C)CN.Cl. The molecule has 2 atom stereocenters. The Balaban J connectivity index is 0.00000484. The van der Waals surface area contributed by atoms with E-state index in [4.69, 9.17) is 17.3 Å². The summed E-state index contributed by atoms with van der Waals surface area (Å²) in [4.78, 5) is 24.5. The summed E-state index contributed by atoms with van der Waals surface area (Å²) in [7, 11) is 0. The Hall–Kier alpha value is -0.950. The normalized spacial score (nSPS) is 12.7. The van der Waals surface area contributed by atoms with Gasteiger partial charge >= 0.3 is 0 Å². The van der Waals surface area contributed by atoms with Gasteiger partial charge in [0, 0.05) is 12.6 Å². The van der Waals surface area contributed by atoms with Crippen LogP contribution in [0.25, 0.3) is 0 Å². The van der Waals surface area contributed by atoms with Crippen molar-refractivity contribution in [1.82, 2.24) is 10.6 Å². The molecule has 0 aliphatic heterocycles. The number of carbonyl (C=O) groups excluding carboxylic acids is 2. The molecule has 2 amide bonds. The zero-order chi connectivity index (χ0) is 16.5. The molecule has 5 nitrogen and oxygen atoms in total. The van der Waals surface area contributed by atoms with E-state index in [1.54, 1.807) is 36.0 Å². The van der Waals surface area contributed by atoms with Gasteiger partial charge in [-0.2, -0.15) is 11.8 Å². The van der Waals surface area contributed by atoms with Gasteiger partial charge in [0.15, 0.2) is 0 Å². The van der Waals surface area contributed by atoms with Gasteiger partial charge in [-0.05, 0) is 37.5 Å². The highest BCUT2D eigenvalue weighted by Crippen LogP contribution is 2.15. The fourth-order valence-electron chi connectivity index (χ4n) is 1.79. The minimum absolute atomic E-state index is 0. The van der Waals surface area contributed by atoms with Crippen LogP contribution in [0.5, 0.6) is 0 Å². The summed E-state index contributed by atoms with van der Waals surface area (Å²) >= 11 is 7.63. The van der Waals surface area contributed by atoms with E-state index in [1.807, 2.05) is 13.2 Å². The van der Waals surface area contributed by atoms with Crippen LogP contribution in [0.1, 0.15) is 23.7 Å². The number of thioether (sulfide) groups is 1. The Morgan fingerprint density at radius 1 is 1.30 bits per heavy atom. The van der Waals surface area contributed by atoms with E-state index < -0.39 is 6.04 Å². The third kappa shape index (κ3) is 7.44. The van der Waals surface area contributed by atoms with E-state index in [-0.39, 0.29) is 30.3 Å². The Kier molecular flexibility index (Phi) is 11.1. The molecule has 1 aromatic carbocycles. The van der Waals surface area contributed by atoms with Crippen LogP contribution < -0.4 is 16.4 Å².